The number of carbonyl (C=O) groups excluding carboxylic acids is 2. The number of hydrogen-bond acceptors (Lipinski definition) is 6. The highest BCUT2D eigenvalue weighted by Crippen LogP contribution is 2.47. The Kier molecular flexibility index (Phi) is 5.47. The zero-order valence-corrected chi connectivity index (χ0v) is 18.2. The van der Waals surface area contributed by atoms with Crippen molar-refractivity contribution in [2.24, 2.45) is 0 Å². The number of methoxy groups -OCH3 is 1. The monoisotopic (exact) mass is 455 g/mol. The van der Waals surface area contributed by atoms with E-state index in [1.807, 2.05) is 18.4 Å². The Labute approximate surface area is 187 Å². The molecule has 2 heterocycles. The summed E-state index contributed by atoms with van der Waals surface area (Å²) in [7, 11) is 1.47. The molecule has 0 saturated carbocycles. The molecule has 1 fully saturated rings. The Morgan fingerprint density at radius 1 is 1.16 bits per heavy atom. The minimum Gasteiger partial charge on any atom is -0.507 e. The van der Waals surface area contributed by atoms with Gasteiger partial charge in [-0.05, 0) is 54.3 Å². The van der Waals surface area contributed by atoms with Crippen molar-refractivity contribution in [2.75, 3.05) is 12.0 Å². The summed E-state index contributed by atoms with van der Waals surface area (Å²) in [4.78, 5) is 28.1. The largest absolute Gasteiger partial charge is 0.507 e. The lowest BCUT2D eigenvalue weighted by Gasteiger charge is -2.25. The molecule has 1 atom stereocenters. The molecular formula is C23H18ClNO5S. The molecule has 2 N–H and O–H groups in total. The number of para-hydroxylation sites is 2. The van der Waals surface area contributed by atoms with Crippen LogP contribution in [0.3, 0.4) is 0 Å². The molecule has 2 aromatic carbocycles. The molecule has 0 bridgehead atoms. The average molecular weight is 456 g/mol. The van der Waals surface area contributed by atoms with Crippen LogP contribution in [0.4, 0.5) is 5.69 Å². The Bertz CT molecular complexity index is 1230. The van der Waals surface area contributed by atoms with Gasteiger partial charge in [0.05, 0.1) is 23.4 Å². The van der Waals surface area contributed by atoms with Crippen LogP contribution >= 0.6 is 22.9 Å². The predicted molar refractivity (Wildman–Crippen MR) is 120 cm³/mol. The van der Waals surface area contributed by atoms with Crippen molar-refractivity contribution in [3.8, 4) is 11.5 Å². The standard InChI is InChI=1S/C23H18ClNO5S/c1-12-9-10-31-22(12)19-18(20(27)13-7-8-17(30-2)14(24)11-13)21(28)23(29)25(19)15-5-3-4-6-16(15)26/h3-11,19,26-27H,1-2H3/b20-18-. The van der Waals surface area contributed by atoms with Gasteiger partial charge in [0, 0.05) is 10.4 Å². The molecule has 31 heavy (non-hydrogen) atoms. The molecule has 8 heteroatoms. The lowest BCUT2D eigenvalue weighted by molar-refractivity contribution is -0.132. The molecule has 1 unspecified atom stereocenters. The van der Waals surface area contributed by atoms with E-state index < -0.39 is 17.7 Å². The number of rotatable bonds is 4. The minimum atomic E-state index is -0.894. The number of aliphatic hydroxyl groups excluding tert-OH is 1. The summed E-state index contributed by atoms with van der Waals surface area (Å²) in [6, 6.07) is 11.9. The van der Waals surface area contributed by atoms with Crippen molar-refractivity contribution in [3.05, 3.63) is 80.5 Å². The number of ether oxygens (including phenoxy) is 1. The maximum Gasteiger partial charge on any atom is 0.300 e. The molecule has 6 nitrogen and oxygen atoms in total. The van der Waals surface area contributed by atoms with Crippen molar-refractivity contribution < 1.29 is 24.5 Å². The van der Waals surface area contributed by atoms with Gasteiger partial charge in [0.15, 0.2) is 0 Å². The Hall–Kier alpha value is -3.29. The molecule has 4 rings (SSSR count). The van der Waals surface area contributed by atoms with E-state index in [1.54, 1.807) is 30.3 Å². The van der Waals surface area contributed by atoms with Crippen LogP contribution in [0, 0.1) is 6.92 Å². The summed E-state index contributed by atoms with van der Waals surface area (Å²) < 4.78 is 5.14. The summed E-state index contributed by atoms with van der Waals surface area (Å²) in [5, 5.41) is 23.6. The highest BCUT2D eigenvalue weighted by atomic mass is 35.5. The number of anilines is 1. The van der Waals surface area contributed by atoms with Crippen LogP contribution < -0.4 is 9.64 Å². The number of halogens is 1. The van der Waals surface area contributed by atoms with E-state index >= 15 is 0 Å². The molecule has 0 radical (unpaired) electrons. The third-order valence-electron chi connectivity index (χ3n) is 5.16. The summed E-state index contributed by atoms with van der Waals surface area (Å²) in [6.07, 6.45) is 0. The quantitative estimate of drug-likeness (QED) is 0.326. The first-order chi connectivity index (χ1) is 14.8. The van der Waals surface area contributed by atoms with Crippen LogP contribution in [0.5, 0.6) is 11.5 Å². The number of nitrogens with zero attached hydrogens (tertiary/aromatic N) is 1. The number of aromatic hydroxyl groups is 1. The van der Waals surface area contributed by atoms with Gasteiger partial charge < -0.3 is 14.9 Å². The minimum absolute atomic E-state index is 0.0694. The van der Waals surface area contributed by atoms with Gasteiger partial charge >= 0.3 is 0 Å². The van der Waals surface area contributed by atoms with Gasteiger partial charge in [-0.25, -0.2) is 0 Å². The summed E-state index contributed by atoms with van der Waals surface area (Å²) in [5.41, 5.74) is 1.26. The number of phenolic OH excluding ortho intramolecular Hbond substituents is 1. The third-order valence-corrected chi connectivity index (χ3v) is 6.53. The van der Waals surface area contributed by atoms with Crippen molar-refractivity contribution in [3.63, 3.8) is 0 Å². The van der Waals surface area contributed by atoms with Crippen molar-refractivity contribution in [1.29, 1.82) is 0 Å². The van der Waals surface area contributed by atoms with Crippen molar-refractivity contribution in [1.82, 2.24) is 0 Å². The first-order valence-electron chi connectivity index (χ1n) is 9.32. The highest BCUT2D eigenvalue weighted by Gasteiger charge is 2.48. The highest BCUT2D eigenvalue weighted by molar-refractivity contribution is 7.10. The lowest BCUT2D eigenvalue weighted by Crippen LogP contribution is -2.29. The van der Waals surface area contributed by atoms with E-state index in [1.165, 1.54) is 35.5 Å². The van der Waals surface area contributed by atoms with Gasteiger partial charge in [0.1, 0.15) is 23.3 Å². The molecule has 3 aromatic rings. The Morgan fingerprint density at radius 2 is 1.90 bits per heavy atom. The van der Waals surface area contributed by atoms with E-state index in [2.05, 4.69) is 0 Å². The van der Waals surface area contributed by atoms with Crippen molar-refractivity contribution >= 4 is 46.1 Å². The summed E-state index contributed by atoms with van der Waals surface area (Å²) in [6.45, 7) is 1.86. The van der Waals surface area contributed by atoms with Gasteiger partial charge in [0.25, 0.3) is 11.7 Å². The second-order valence-corrected chi connectivity index (χ2v) is 8.33. The van der Waals surface area contributed by atoms with E-state index in [-0.39, 0.29) is 33.4 Å². The molecule has 1 aliphatic heterocycles. The average Bonchev–Trinajstić information content (AvgIpc) is 3.28. The fourth-order valence-corrected chi connectivity index (χ4v) is 4.91. The number of carbonyl (C=O) groups is 2. The Balaban J connectivity index is 1.96. The molecule has 1 aromatic heterocycles. The number of amides is 1. The first kappa shape index (κ1) is 21.0. The molecule has 158 valence electrons. The van der Waals surface area contributed by atoms with Crippen LogP contribution in [-0.2, 0) is 9.59 Å². The van der Waals surface area contributed by atoms with Gasteiger partial charge in [-0.15, -0.1) is 11.3 Å². The number of phenols is 1. The second-order valence-electron chi connectivity index (χ2n) is 6.98. The van der Waals surface area contributed by atoms with Crippen LogP contribution in [0.25, 0.3) is 5.76 Å². The van der Waals surface area contributed by atoms with Gasteiger partial charge in [-0.3, -0.25) is 14.5 Å². The number of benzene rings is 2. The number of aliphatic hydroxyl groups is 1. The molecule has 1 aliphatic rings. The van der Waals surface area contributed by atoms with Crippen LogP contribution in [-0.4, -0.2) is 29.0 Å². The van der Waals surface area contributed by atoms with E-state index in [4.69, 9.17) is 16.3 Å². The smallest absolute Gasteiger partial charge is 0.300 e. The fourth-order valence-electron chi connectivity index (χ4n) is 3.63. The zero-order valence-electron chi connectivity index (χ0n) is 16.6. The van der Waals surface area contributed by atoms with Crippen molar-refractivity contribution in [2.45, 2.75) is 13.0 Å². The van der Waals surface area contributed by atoms with Gasteiger partial charge in [-0.2, -0.15) is 0 Å². The number of aryl methyl sites for hydroxylation is 1. The summed E-state index contributed by atoms with van der Waals surface area (Å²) in [5.74, 6) is -1.75. The fraction of sp³-hybridized carbons (Fsp3) is 0.130. The third kappa shape index (κ3) is 3.45. The molecule has 0 aliphatic carbocycles. The van der Waals surface area contributed by atoms with Crippen LogP contribution in [0.2, 0.25) is 5.02 Å². The molecule has 1 amide bonds. The Morgan fingerprint density at radius 3 is 2.52 bits per heavy atom. The zero-order chi connectivity index (χ0) is 22.3. The number of hydrogen-bond donors (Lipinski definition) is 2. The van der Waals surface area contributed by atoms with E-state index in [0.29, 0.717) is 10.6 Å². The van der Waals surface area contributed by atoms with E-state index in [9.17, 15) is 19.8 Å². The lowest BCUT2D eigenvalue weighted by atomic mass is 9.98. The number of Topliss-reactive ketones (excluding diaryl/α,β-unsaturated/α-hetero) is 1. The maximum atomic E-state index is 13.1. The maximum absolute atomic E-state index is 13.1. The topological polar surface area (TPSA) is 87.1 Å². The van der Waals surface area contributed by atoms with Gasteiger partial charge in [0.2, 0.25) is 0 Å². The van der Waals surface area contributed by atoms with Crippen LogP contribution in [0.15, 0.2) is 59.5 Å². The van der Waals surface area contributed by atoms with Gasteiger partial charge in [-0.1, -0.05) is 23.7 Å². The summed E-state index contributed by atoms with van der Waals surface area (Å²) >= 11 is 7.56. The second kappa shape index (κ2) is 8.09. The normalized spacial score (nSPS) is 17.9. The molecule has 0 spiro atoms. The SMILES string of the molecule is COc1ccc(/C(O)=C2/C(=O)C(=O)N(c3ccccc3O)C2c2sccc2C)cc1Cl. The van der Waals surface area contributed by atoms with Crippen LogP contribution in [0.1, 0.15) is 22.0 Å². The molecular weight excluding hydrogens is 438 g/mol. The molecule has 1 saturated heterocycles. The number of thiophene rings is 1. The number of ketones is 1. The predicted octanol–water partition coefficient (Wildman–Crippen LogP) is 5.05. The van der Waals surface area contributed by atoms with E-state index in [0.717, 1.165) is 5.56 Å². The first-order valence-corrected chi connectivity index (χ1v) is 10.6.